The summed E-state index contributed by atoms with van der Waals surface area (Å²) in [5.74, 6) is 1.51. The molecule has 0 saturated heterocycles. The maximum absolute atomic E-state index is 8.76. The molecule has 0 spiro atoms. The highest BCUT2D eigenvalue weighted by atomic mass is 16.5. The zero-order valence-electron chi connectivity index (χ0n) is 10.1. The van der Waals surface area contributed by atoms with Crippen molar-refractivity contribution in [1.29, 1.82) is 5.26 Å². The Kier molecular flexibility index (Phi) is 4.01. The van der Waals surface area contributed by atoms with Crippen LogP contribution in [0.15, 0.2) is 12.1 Å². The van der Waals surface area contributed by atoms with Gasteiger partial charge in [0.15, 0.2) is 6.19 Å². The van der Waals surface area contributed by atoms with E-state index in [1.165, 1.54) is 0 Å². The van der Waals surface area contributed by atoms with E-state index in [2.05, 4.69) is 6.19 Å². The molecule has 4 heteroatoms. The van der Waals surface area contributed by atoms with Crippen molar-refractivity contribution in [3.63, 3.8) is 0 Å². The highest BCUT2D eigenvalue weighted by Crippen LogP contribution is 2.29. The quantitative estimate of drug-likeness (QED) is 0.574. The van der Waals surface area contributed by atoms with Gasteiger partial charge < -0.3 is 14.4 Å². The number of nitrogens with zero attached hydrogens (tertiary/aromatic N) is 2. The standard InChI is InChI=1S/C12H16N2O2/c1-9-5-10(15-3)6-12(16-4)11(9)7-14(2)8-13/h5-6H,7H2,1-4H3. The van der Waals surface area contributed by atoms with E-state index in [1.54, 1.807) is 26.2 Å². The van der Waals surface area contributed by atoms with E-state index in [9.17, 15) is 0 Å². The van der Waals surface area contributed by atoms with E-state index in [0.29, 0.717) is 6.54 Å². The summed E-state index contributed by atoms with van der Waals surface area (Å²) >= 11 is 0. The fourth-order valence-electron chi connectivity index (χ4n) is 1.53. The second-order valence-electron chi connectivity index (χ2n) is 3.58. The van der Waals surface area contributed by atoms with Gasteiger partial charge in [0, 0.05) is 18.7 Å². The lowest BCUT2D eigenvalue weighted by Gasteiger charge is -2.16. The molecule has 0 aromatic heterocycles. The number of nitriles is 1. The molecular formula is C12H16N2O2. The highest BCUT2D eigenvalue weighted by molar-refractivity contribution is 5.46. The second-order valence-corrected chi connectivity index (χ2v) is 3.58. The van der Waals surface area contributed by atoms with E-state index in [4.69, 9.17) is 14.7 Å². The third-order valence-electron chi connectivity index (χ3n) is 2.43. The van der Waals surface area contributed by atoms with Crippen molar-refractivity contribution in [3.05, 3.63) is 23.3 Å². The molecule has 0 fully saturated rings. The second kappa shape index (κ2) is 5.26. The lowest BCUT2D eigenvalue weighted by Crippen LogP contribution is -2.12. The van der Waals surface area contributed by atoms with Crippen LogP contribution in [0.2, 0.25) is 0 Å². The summed E-state index contributed by atoms with van der Waals surface area (Å²) in [5, 5.41) is 8.76. The van der Waals surface area contributed by atoms with Gasteiger partial charge in [-0.3, -0.25) is 0 Å². The first-order valence-electron chi connectivity index (χ1n) is 4.94. The van der Waals surface area contributed by atoms with Gasteiger partial charge in [-0.05, 0) is 18.6 Å². The van der Waals surface area contributed by atoms with Gasteiger partial charge >= 0.3 is 0 Å². The van der Waals surface area contributed by atoms with Gasteiger partial charge in [0.1, 0.15) is 11.5 Å². The summed E-state index contributed by atoms with van der Waals surface area (Å²) in [6, 6.07) is 3.76. The summed E-state index contributed by atoms with van der Waals surface area (Å²) < 4.78 is 10.5. The van der Waals surface area contributed by atoms with Crippen molar-refractivity contribution in [3.8, 4) is 17.7 Å². The Balaban J connectivity index is 3.12. The van der Waals surface area contributed by atoms with Crippen LogP contribution in [0.25, 0.3) is 0 Å². The predicted molar refractivity (Wildman–Crippen MR) is 61.4 cm³/mol. The molecule has 0 heterocycles. The van der Waals surface area contributed by atoms with Crippen LogP contribution in [0.4, 0.5) is 0 Å². The fourth-order valence-corrected chi connectivity index (χ4v) is 1.53. The van der Waals surface area contributed by atoms with Crippen LogP contribution < -0.4 is 9.47 Å². The van der Waals surface area contributed by atoms with Crippen molar-refractivity contribution in [2.45, 2.75) is 13.5 Å². The minimum Gasteiger partial charge on any atom is -0.497 e. The molecule has 1 aromatic rings. The highest BCUT2D eigenvalue weighted by Gasteiger charge is 2.10. The molecule has 0 aliphatic rings. The van der Waals surface area contributed by atoms with Crippen LogP contribution in [0.3, 0.4) is 0 Å². The number of benzene rings is 1. The van der Waals surface area contributed by atoms with Crippen LogP contribution in [-0.4, -0.2) is 26.2 Å². The largest absolute Gasteiger partial charge is 0.497 e. The fraction of sp³-hybridized carbons (Fsp3) is 0.417. The molecule has 0 aliphatic heterocycles. The summed E-state index contributed by atoms with van der Waals surface area (Å²) in [7, 11) is 4.97. The van der Waals surface area contributed by atoms with Crippen LogP contribution in [0.1, 0.15) is 11.1 Å². The molecule has 0 aliphatic carbocycles. The van der Waals surface area contributed by atoms with Gasteiger partial charge in [-0.2, -0.15) is 5.26 Å². The number of ether oxygens (including phenoxy) is 2. The number of methoxy groups -OCH3 is 2. The average Bonchev–Trinajstić information content (AvgIpc) is 2.30. The average molecular weight is 220 g/mol. The molecule has 0 saturated carbocycles. The smallest absolute Gasteiger partial charge is 0.179 e. The van der Waals surface area contributed by atoms with E-state index >= 15 is 0 Å². The Morgan fingerprint density at radius 3 is 2.50 bits per heavy atom. The summed E-state index contributed by atoms with van der Waals surface area (Å²) in [4.78, 5) is 1.55. The van der Waals surface area contributed by atoms with Gasteiger partial charge in [0.25, 0.3) is 0 Å². The lowest BCUT2D eigenvalue weighted by molar-refractivity contribution is 0.380. The zero-order valence-corrected chi connectivity index (χ0v) is 10.1. The maximum atomic E-state index is 8.76. The van der Waals surface area contributed by atoms with Gasteiger partial charge in [0.2, 0.25) is 0 Å². The summed E-state index contributed by atoms with van der Waals surface area (Å²) in [5.41, 5.74) is 2.06. The monoisotopic (exact) mass is 220 g/mol. The topological polar surface area (TPSA) is 45.5 Å². The number of hydrogen-bond acceptors (Lipinski definition) is 4. The third-order valence-corrected chi connectivity index (χ3v) is 2.43. The molecule has 4 nitrogen and oxygen atoms in total. The maximum Gasteiger partial charge on any atom is 0.179 e. The molecule has 1 rings (SSSR count). The van der Waals surface area contributed by atoms with Crippen molar-refractivity contribution < 1.29 is 9.47 Å². The molecule has 0 N–H and O–H groups in total. The minimum atomic E-state index is 0.537. The van der Waals surface area contributed by atoms with Crippen LogP contribution in [0.5, 0.6) is 11.5 Å². The Morgan fingerprint density at radius 1 is 1.31 bits per heavy atom. The zero-order chi connectivity index (χ0) is 12.1. The van der Waals surface area contributed by atoms with Gasteiger partial charge in [-0.1, -0.05) is 0 Å². The molecule has 0 atom stereocenters. The van der Waals surface area contributed by atoms with E-state index in [0.717, 1.165) is 22.6 Å². The SMILES string of the molecule is COc1cc(C)c(CN(C)C#N)c(OC)c1. The summed E-state index contributed by atoms with van der Waals surface area (Å²) in [6.45, 7) is 2.51. The van der Waals surface area contributed by atoms with Crippen LogP contribution in [0, 0.1) is 18.4 Å². The Hall–Kier alpha value is -1.89. The normalized spacial score (nSPS) is 9.44. The first-order chi connectivity index (χ1) is 7.62. The van der Waals surface area contributed by atoms with Crippen molar-refractivity contribution in [2.24, 2.45) is 0 Å². The van der Waals surface area contributed by atoms with Crippen molar-refractivity contribution in [1.82, 2.24) is 4.90 Å². The summed E-state index contributed by atoms with van der Waals surface area (Å²) in [6.07, 6.45) is 2.07. The number of hydrogen-bond donors (Lipinski definition) is 0. The first-order valence-corrected chi connectivity index (χ1v) is 4.94. The predicted octanol–water partition coefficient (Wildman–Crippen LogP) is 1.93. The van der Waals surface area contributed by atoms with E-state index in [-0.39, 0.29) is 0 Å². The molecule has 0 amide bonds. The molecule has 16 heavy (non-hydrogen) atoms. The number of aryl methyl sites for hydroxylation is 1. The van der Waals surface area contributed by atoms with E-state index < -0.39 is 0 Å². The molecule has 86 valence electrons. The van der Waals surface area contributed by atoms with E-state index in [1.807, 2.05) is 19.1 Å². The van der Waals surface area contributed by atoms with Crippen LogP contribution in [-0.2, 0) is 6.54 Å². The molecule has 0 radical (unpaired) electrons. The first kappa shape index (κ1) is 12.2. The Morgan fingerprint density at radius 2 is 2.00 bits per heavy atom. The van der Waals surface area contributed by atoms with Crippen molar-refractivity contribution in [2.75, 3.05) is 21.3 Å². The Labute approximate surface area is 96.0 Å². The molecule has 1 aromatic carbocycles. The molecule has 0 unspecified atom stereocenters. The lowest BCUT2D eigenvalue weighted by atomic mass is 10.1. The van der Waals surface area contributed by atoms with Gasteiger partial charge in [-0.25, -0.2) is 0 Å². The van der Waals surface area contributed by atoms with Gasteiger partial charge in [0.05, 0.1) is 20.8 Å². The molecule has 0 bridgehead atoms. The van der Waals surface area contributed by atoms with Crippen molar-refractivity contribution >= 4 is 0 Å². The van der Waals surface area contributed by atoms with Gasteiger partial charge in [-0.15, -0.1) is 0 Å². The minimum absolute atomic E-state index is 0.537. The van der Waals surface area contributed by atoms with Crippen LogP contribution >= 0.6 is 0 Å². The number of rotatable bonds is 4. The third kappa shape index (κ3) is 2.57. The Bertz CT molecular complexity index is 410. The molecular weight excluding hydrogens is 204 g/mol.